The summed E-state index contributed by atoms with van der Waals surface area (Å²) in [5.74, 6) is 1.84. The molecule has 3 atom stereocenters. The number of nitrogens with zero attached hydrogens (tertiary/aromatic N) is 2. The molecule has 0 aromatic carbocycles. The molecule has 0 bridgehead atoms. The molecule has 104 valence electrons. The summed E-state index contributed by atoms with van der Waals surface area (Å²) in [6.07, 6.45) is 7.11. The van der Waals surface area contributed by atoms with E-state index in [0.29, 0.717) is 0 Å². The number of likely N-dealkylation sites (tertiary alicyclic amines) is 1. The van der Waals surface area contributed by atoms with Gasteiger partial charge in [-0.1, -0.05) is 0 Å². The second-order valence-electron chi connectivity index (χ2n) is 6.94. The summed E-state index contributed by atoms with van der Waals surface area (Å²) in [5.41, 5.74) is 0. The van der Waals surface area contributed by atoms with Crippen LogP contribution in [-0.4, -0.2) is 62.2 Å². The monoisotopic (exact) mass is 251 g/mol. The fourth-order valence-corrected chi connectivity index (χ4v) is 3.69. The Morgan fingerprint density at radius 1 is 1.17 bits per heavy atom. The summed E-state index contributed by atoms with van der Waals surface area (Å²) in [6.45, 7) is 5.19. The quantitative estimate of drug-likeness (QED) is 0.770. The smallest absolute Gasteiger partial charge is 0.0133 e. The number of hydrogen-bond acceptors (Lipinski definition) is 3. The van der Waals surface area contributed by atoms with Gasteiger partial charge in [0.1, 0.15) is 0 Å². The summed E-state index contributed by atoms with van der Waals surface area (Å²) in [4.78, 5) is 5.14. The first-order chi connectivity index (χ1) is 8.72. The summed E-state index contributed by atoms with van der Waals surface area (Å²) in [7, 11) is 4.61. The van der Waals surface area contributed by atoms with Crippen molar-refractivity contribution in [3.05, 3.63) is 0 Å². The van der Waals surface area contributed by atoms with E-state index in [4.69, 9.17) is 0 Å². The minimum Gasteiger partial charge on any atom is -0.314 e. The SMILES string of the molecule is CN1CCC(CN(C)C2CCC2CNC2CC2)C1. The average Bonchev–Trinajstić information content (AvgIpc) is 3.01. The van der Waals surface area contributed by atoms with Gasteiger partial charge in [0, 0.05) is 25.2 Å². The zero-order valence-electron chi connectivity index (χ0n) is 12.1. The fourth-order valence-electron chi connectivity index (χ4n) is 3.69. The lowest BCUT2D eigenvalue weighted by molar-refractivity contribution is 0.0717. The molecule has 3 fully saturated rings. The van der Waals surface area contributed by atoms with Crippen LogP contribution in [0.25, 0.3) is 0 Å². The second-order valence-corrected chi connectivity index (χ2v) is 6.94. The summed E-state index contributed by atoms with van der Waals surface area (Å²) >= 11 is 0. The molecule has 0 radical (unpaired) electrons. The lowest BCUT2D eigenvalue weighted by atomic mass is 9.78. The Balaban J connectivity index is 1.39. The lowest BCUT2D eigenvalue weighted by Gasteiger charge is -2.44. The molecule has 1 saturated heterocycles. The van der Waals surface area contributed by atoms with E-state index in [0.717, 1.165) is 23.9 Å². The third kappa shape index (κ3) is 3.06. The molecular weight excluding hydrogens is 222 g/mol. The van der Waals surface area contributed by atoms with Crippen molar-refractivity contribution in [3.8, 4) is 0 Å². The first-order valence-corrected chi connectivity index (χ1v) is 7.84. The minimum absolute atomic E-state index is 0.863. The third-order valence-electron chi connectivity index (χ3n) is 5.22. The van der Waals surface area contributed by atoms with Gasteiger partial charge in [0.2, 0.25) is 0 Å². The van der Waals surface area contributed by atoms with Crippen molar-refractivity contribution in [2.75, 3.05) is 40.3 Å². The van der Waals surface area contributed by atoms with E-state index in [-0.39, 0.29) is 0 Å². The predicted molar refractivity (Wildman–Crippen MR) is 75.8 cm³/mol. The Morgan fingerprint density at radius 2 is 2.00 bits per heavy atom. The Morgan fingerprint density at radius 3 is 2.56 bits per heavy atom. The highest BCUT2D eigenvalue weighted by atomic mass is 15.2. The van der Waals surface area contributed by atoms with Crippen LogP contribution in [0.5, 0.6) is 0 Å². The van der Waals surface area contributed by atoms with Crippen LogP contribution < -0.4 is 5.32 Å². The standard InChI is InChI=1S/C15H29N3/c1-17-8-7-12(10-17)11-18(2)15-6-3-13(15)9-16-14-4-5-14/h12-16H,3-11H2,1-2H3. The molecule has 0 amide bonds. The van der Waals surface area contributed by atoms with Crippen molar-refractivity contribution in [3.63, 3.8) is 0 Å². The molecule has 0 spiro atoms. The number of hydrogen-bond donors (Lipinski definition) is 1. The molecule has 3 unspecified atom stereocenters. The highest BCUT2D eigenvalue weighted by molar-refractivity contribution is 4.92. The molecule has 0 aromatic rings. The zero-order valence-corrected chi connectivity index (χ0v) is 12.1. The largest absolute Gasteiger partial charge is 0.314 e. The van der Waals surface area contributed by atoms with Gasteiger partial charge < -0.3 is 15.1 Å². The van der Waals surface area contributed by atoms with Gasteiger partial charge in [-0.25, -0.2) is 0 Å². The van der Waals surface area contributed by atoms with Gasteiger partial charge in [-0.15, -0.1) is 0 Å². The molecule has 1 heterocycles. The Labute approximate surface area is 112 Å². The van der Waals surface area contributed by atoms with Crippen LogP contribution in [0.15, 0.2) is 0 Å². The molecular formula is C15H29N3. The summed E-state index contributed by atoms with van der Waals surface area (Å²) in [6, 6.07) is 1.74. The number of rotatable bonds is 6. The Hall–Kier alpha value is -0.120. The molecule has 1 aliphatic heterocycles. The third-order valence-corrected chi connectivity index (χ3v) is 5.22. The van der Waals surface area contributed by atoms with Crippen LogP contribution in [0.4, 0.5) is 0 Å². The maximum Gasteiger partial charge on any atom is 0.0133 e. The number of nitrogens with one attached hydrogen (secondary N) is 1. The molecule has 0 aromatic heterocycles. The van der Waals surface area contributed by atoms with Gasteiger partial charge in [-0.3, -0.25) is 0 Å². The normalized spacial score (nSPS) is 37.2. The van der Waals surface area contributed by atoms with E-state index in [1.54, 1.807) is 0 Å². The van der Waals surface area contributed by atoms with Gasteiger partial charge in [-0.2, -0.15) is 0 Å². The van der Waals surface area contributed by atoms with Gasteiger partial charge in [-0.05, 0) is 71.1 Å². The molecule has 2 aliphatic carbocycles. The Bertz CT molecular complexity index is 277. The Kier molecular flexibility index (Phi) is 3.92. The van der Waals surface area contributed by atoms with E-state index in [9.17, 15) is 0 Å². The second kappa shape index (κ2) is 5.48. The van der Waals surface area contributed by atoms with Crippen LogP contribution in [0.3, 0.4) is 0 Å². The molecule has 3 nitrogen and oxygen atoms in total. The van der Waals surface area contributed by atoms with Crippen molar-refractivity contribution in [1.82, 2.24) is 15.1 Å². The molecule has 2 saturated carbocycles. The highest BCUT2D eigenvalue weighted by Crippen LogP contribution is 2.33. The minimum atomic E-state index is 0.863. The van der Waals surface area contributed by atoms with Crippen molar-refractivity contribution >= 4 is 0 Å². The van der Waals surface area contributed by atoms with Crippen molar-refractivity contribution in [2.45, 2.75) is 44.2 Å². The summed E-state index contributed by atoms with van der Waals surface area (Å²) in [5, 5.41) is 3.71. The topological polar surface area (TPSA) is 18.5 Å². The van der Waals surface area contributed by atoms with E-state index in [2.05, 4.69) is 29.2 Å². The van der Waals surface area contributed by atoms with Crippen LogP contribution >= 0.6 is 0 Å². The first-order valence-electron chi connectivity index (χ1n) is 7.84. The van der Waals surface area contributed by atoms with E-state index in [1.807, 2.05) is 0 Å². The van der Waals surface area contributed by atoms with Crippen LogP contribution in [0, 0.1) is 11.8 Å². The molecule has 1 N–H and O–H groups in total. The van der Waals surface area contributed by atoms with Gasteiger partial charge in [0.05, 0.1) is 0 Å². The van der Waals surface area contributed by atoms with Crippen LogP contribution in [0.2, 0.25) is 0 Å². The summed E-state index contributed by atoms with van der Waals surface area (Å²) < 4.78 is 0. The van der Waals surface area contributed by atoms with Crippen molar-refractivity contribution < 1.29 is 0 Å². The van der Waals surface area contributed by atoms with E-state index < -0.39 is 0 Å². The highest BCUT2D eigenvalue weighted by Gasteiger charge is 2.36. The van der Waals surface area contributed by atoms with Crippen molar-refractivity contribution in [2.24, 2.45) is 11.8 Å². The fraction of sp³-hybridized carbons (Fsp3) is 1.00. The lowest BCUT2D eigenvalue weighted by Crippen LogP contribution is -2.50. The maximum atomic E-state index is 3.71. The molecule has 3 aliphatic rings. The van der Waals surface area contributed by atoms with Crippen LogP contribution in [-0.2, 0) is 0 Å². The maximum absolute atomic E-state index is 3.71. The molecule has 3 heteroatoms. The zero-order chi connectivity index (χ0) is 12.5. The predicted octanol–water partition coefficient (Wildman–Crippen LogP) is 1.40. The van der Waals surface area contributed by atoms with Crippen molar-refractivity contribution in [1.29, 1.82) is 0 Å². The first kappa shape index (κ1) is 12.9. The van der Waals surface area contributed by atoms with Crippen LogP contribution in [0.1, 0.15) is 32.1 Å². The average molecular weight is 251 g/mol. The van der Waals surface area contributed by atoms with Gasteiger partial charge >= 0.3 is 0 Å². The van der Waals surface area contributed by atoms with Gasteiger partial charge in [0.15, 0.2) is 0 Å². The molecule has 3 rings (SSSR count). The van der Waals surface area contributed by atoms with E-state index in [1.165, 1.54) is 58.3 Å². The molecule has 18 heavy (non-hydrogen) atoms. The van der Waals surface area contributed by atoms with E-state index >= 15 is 0 Å². The van der Waals surface area contributed by atoms with Gasteiger partial charge in [0.25, 0.3) is 0 Å².